The smallest absolute Gasteiger partial charge is 0.248 e. The van der Waals surface area contributed by atoms with Gasteiger partial charge < -0.3 is 5.32 Å². The normalized spacial score (nSPS) is 12.5. The van der Waals surface area contributed by atoms with Crippen LogP contribution in [0.2, 0.25) is 15.1 Å². The van der Waals surface area contributed by atoms with Crippen LogP contribution in [0.25, 0.3) is 0 Å². The molecule has 0 unspecified atom stereocenters. The second-order valence-corrected chi connectivity index (χ2v) is 8.78. The lowest BCUT2D eigenvalue weighted by atomic mass is 10.2. The van der Waals surface area contributed by atoms with Crippen LogP contribution in [0.1, 0.15) is 13.3 Å². The number of hydrogen-bond acceptors (Lipinski definition) is 3. The Morgan fingerprint density at radius 1 is 1.04 bits per heavy atom. The summed E-state index contributed by atoms with van der Waals surface area (Å²) in [5, 5.41) is 3.85. The van der Waals surface area contributed by atoms with E-state index in [0.717, 1.165) is 10.6 Å². The van der Waals surface area contributed by atoms with Crippen LogP contribution < -0.4 is 9.62 Å². The van der Waals surface area contributed by atoms with E-state index in [0.29, 0.717) is 26.4 Å². The van der Waals surface area contributed by atoms with Crippen molar-refractivity contribution in [1.82, 2.24) is 0 Å². The zero-order chi connectivity index (χ0) is 19.5. The van der Waals surface area contributed by atoms with Gasteiger partial charge in [-0.25, -0.2) is 8.42 Å². The van der Waals surface area contributed by atoms with E-state index < -0.39 is 22.0 Å². The number of amides is 1. The zero-order valence-electron chi connectivity index (χ0n) is 14.0. The van der Waals surface area contributed by atoms with E-state index in [1.165, 1.54) is 18.2 Å². The fraction of sp³-hybridized carbons (Fsp3) is 0.235. The minimum atomic E-state index is -3.72. The van der Waals surface area contributed by atoms with Crippen LogP contribution >= 0.6 is 34.8 Å². The van der Waals surface area contributed by atoms with Crippen molar-refractivity contribution < 1.29 is 13.2 Å². The van der Waals surface area contributed by atoms with Crippen molar-refractivity contribution in [2.45, 2.75) is 19.4 Å². The second kappa shape index (κ2) is 8.48. The van der Waals surface area contributed by atoms with Gasteiger partial charge in [0.15, 0.2) is 0 Å². The third kappa shape index (κ3) is 5.27. The number of nitrogens with zero attached hydrogens (tertiary/aromatic N) is 1. The van der Waals surface area contributed by atoms with E-state index >= 15 is 0 Å². The number of carbonyl (C=O) groups is 1. The lowest BCUT2D eigenvalue weighted by molar-refractivity contribution is -0.117. The van der Waals surface area contributed by atoms with Gasteiger partial charge in [0.1, 0.15) is 6.04 Å². The van der Waals surface area contributed by atoms with E-state index in [9.17, 15) is 13.2 Å². The molecule has 0 aromatic heterocycles. The average Bonchev–Trinajstić information content (AvgIpc) is 2.51. The molecule has 1 amide bonds. The summed E-state index contributed by atoms with van der Waals surface area (Å²) < 4.78 is 25.8. The number of halogens is 3. The van der Waals surface area contributed by atoms with Crippen LogP contribution in [0.5, 0.6) is 0 Å². The van der Waals surface area contributed by atoms with Gasteiger partial charge in [0.2, 0.25) is 15.9 Å². The highest BCUT2D eigenvalue weighted by molar-refractivity contribution is 7.92. The lowest BCUT2D eigenvalue weighted by Gasteiger charge is -2.30. The molecule has 0 bridgehead atoms. The van der Waals surface area contributed by atoms with Crippen molar-refractivity contribution in [3.8, 4) is 0 Å². The van der Waals surface area contributed by atoms with Crippen LogP contribution in [0.4, 0.5) is 11.4 Å². The summed E-state index contributed by atoms with van der Waals surface area (Å²) in [4.78, 5) is 12.8. The van der Waals surface area contributed by atoms with E-state index in [1.807, 2.05) is 0 Å². The highest BCUT2D eigenvalue weighted by atomic mass is 35.5. The number of benzene rings is 2. The number of rotatable bonds is 6. The number of hydrogen-bond donors (Lipinski definition) is 1. The van der Waals surface area contributed by atoms with Gasteiger partial charge in [-0.05, 0) is 48.9 Å². The molecule has 0 aliphatic rings. The monoisotopic (exact) mass is 434 g/mol. The molecule has 2 aromatic carbocycles. The van der Waals surface area contributed by atoms with E-state index in [2.05, 4.69) is 5.32 Å². The summed E-state index contributed by atoms with van der Waals surface area (Å²) in [7, 11) is -3.72. The van der Waals surface area contributed by atoms with Gasteiger partial charge in [0.05, 0.1) is 11.9 Å². The fourth-order valence-electron chi connectivity index (χ4n) is 2.50. The summed E-state index contributed by atoms with van der Waals surface area (Å²) in [6, 6.07) is 9.88. The van der Waals surface area contributed by atoms with Gasteiger partial charge in [-0.3, -0.25) is 9.10 Å². The van der Waals surface area contributed by atoms with Gasteiger partial charge in [0, 0.05) is 20.8 Å². The molecule has 0 aliphatic carbocycles. The lowest BCUT2D eigenvalue weighted by Crippen LogP contribution is -2.47. The molecule has 0 aliphatic heterocycles. The van der Waals surface area contributed by atoms with Crippen molar-refractivity contribution >= 4 is 62.1 Å². The van der Waals surface area contributed by atoms with Crippen LogP contribution in [0, 0.1) is 0 Å². The van der Waals surface area contributed by atoms with Crippen molar-refractivity contribution in [3.05, 3.63) is 57.5 Å². The van der Waals surface area contributed by atoms with Crippen molar-refractivity contribution in [2.24, 2.45) is 0 Å². The Labute approximate surface area is 167 Å². The van der Waals surface area contributed by atoms with Crippen molar-refractivity contribution in [3.63, 3.8) is 0 Å². The third-order valence-electron chi connectivity index (χ3n) is 3.54. The number of carbonyl (C=O) groups excluding carboxylic acids is 1. The van der Waals surface area contributed by atoms with Crippen LogP contribution in [-0.4, -0.2) is 26.6 Å². The molecule has 9 heteroatoms. The minimum Gasteiger partial charge on any atom is -0.324 e. The minimum absolute atomic E-state index is 0.260. The molecule has 0 fully saturated rings. The summed E-state index contributed by atoms with van der Waals surface area (Å²) >= 11 is 17.7. The SMILES string of the molecule is CC[C@@H](C(=O)Nc1cc(Cl)cc(Cl)c1)N(c1ccc(Cl)cc1)S(C)(=O)=O. The maximum atomic E-state index is 12.8. The molecular formula is C17H17Cl3N2O3S. The molecule has 1 atom stereocenters. The molecule has 26 heavy (non-hydrogen) atoms. The maximum absolute atomic E-state index is 12.8. The van der Waals surface area contributed by atoms with E-state index in [1.54, 1.807) is 31.2 Å². The standard InChI is InChI=1S/C17H17Cl3N2O3S/c1-3-16(17(23)21-14-9-12(19)8-13(20)10-14)22(26(2,24)25)15-6-4-11(18)5-7-15/h4-10,16H,3H2,1-2H3,(H,21,23)/t16-/m0/s1. The molecule has 0 saturated heterocycles. The van der Waals surface area contributed by atoms with E-state index in [4.69, 9.17) is 34.8 Å². The first-order valence-electron chi connectivity index (χ1n) is 7.63. The molecule has 0 heterocycles. The van der Waals surface area contributed by atoms with Gasteiger partial charge >= 0.3 is 0 Å². The Kier molecular flexibility index (Phi) is 6.80. The maximum Gasteiger partial charge on any atom is 0.248 e. The van der Waals surface area contributed by atoms with Crippen LogP contribution in [0.3, 0.4) is 0 Å². The van der Waals surface area contributed by atoms with Gasteiger partial charge in [-0.2, -0.15) is 0 Å². The molecule has 0 saturated carbocycles. The Morgan fingerprint density at radius 2 is 1.58 bits per heavy atom. The van der Waals surface area contributed by atoms with Gasteiger partial charge in [-0.1, -0.05) is 41.7 Å². The zero-order valence-corrected chi connectivity index (χ0v) is 17.1. The van der Waals surface area contributed by atoms with Gasteiger partial charge in [0.25, 0.3) is 0 Å². The third-order valence-corrected chi connectivity index (χ3v) is 5.41. The second-order valence-electron chi connectivity index (χ2n) is 5.61. The highest BCUT2D eigenvalue weighted by Gasteiger charge is 2.31. The Hall–Kier alpha value is -1.47. The average molecular weight is 436 g/mol. The summed E-state index contributed by atoms with van der Waals surface area (Å²) in [5.41, 5.74) is 0.735. The van der Waals surface area contributed by atoms with Crippen LogP contribution in [-0.2, 0) is 14.8 Å². The predicted molar refractivity (Wildman–Crippen MR) is 108 cm³/mol. The Bertz CT molecular complexity index is 882. The highest BCUT2D eigenvalue weighted by Crippen LogP contribution is 2.26. The number of anilines is 2. The first-order chi connectivity index (χ1) is 12.1. The van der Waals surface area contributed by atoms with Gasteiger partial charge in [-0.15, -0.1) is 0 Å². The molecule has 2 aromatic rings. The summed E-state index contributed by atoms with van der Waals surface area (Å²) in [5.74, 6) is -0.494. The quantitative estimate of drug-likeness (QED) is 0.706. The molecule has 140 valence electrons. The summed E-state index contributed by atoms with van der Waals surface area (Å²) in [6.07, 6.45) is 1.31. The number of nitrogens with one attached hydrogen (secondary N) is 1. The first kappa shape index (κ1) is 20.8. The largest absolute Gasteiger partial charge is 0.324 e. The van der Waals surface area contributed by atoms with Crippen molar-refractivity contribution in [2.75, 3.05) is 15.9 Å². The molecule has 0 radical (unpaired) electrons. The topological polar surface area (TPSA) is 66.5 Å². The molecule has 5 nitrogen and oxygen atoms in total. The van der Waals surface area contributed by atoms with E-state index in [-0.39, 0.29) is 6.42 Å². The summed E-state index contributed by atoms with van der Waals surface area (Å²) in [6.45, 7) is 1.73. The predicted octanol–water partition coefficient (Wildman–Crippen LogP) is 4.83. The molecule has 2 rings (SSSR count). The van der Waals surface area contributed by atoms with Crippen molar-refractivity contribution in [1.29, 1.82) is 0 Å². The fourth-order valence-corrected chi connectivity index (χ4v) is 4.36. The number of sulfonamides is 1. The molecule has 0 spiro atoms. The molecule has 1 N–H and O–H groups in total. The van der Waals surface area contributed by atoms with Crippen LogP contribution in [0.15, 0.2) is 42.5 Å². The Balaban J connectivity index is 2.37. The molecular weight excluding hydrogens is 419 g/mol. The first-order valence-corrected chi connectivity index (χ1v) is 10.6. The Morgan fingerprint density at radius 3 is 2.04 bits per heavy atom.